The predicted octanol–water partition coefficient (Wildman–Crippen LogP) is 1.22. The molecule has 2 fully saturated rings. The molecule has 2 rings (SSSR count). The third-order valence-electron chi connectivity index (χ3n) is 4.94. The van der Waals surface area contributed by atoms with Crippen LogP contribution >= 0.6 is 0 Å². The first-order chi connectivity index (χ1) is 9.09. The Balaban J connectivity index is 1.68. The Bertz CT molecular complexity index is 311. The summed E-state index contributed by atoms with van der Waals surface area (Å²) in [7, 11) is 0. The molecule has 19 heavy (non-hydrogen) atoms. The van der Waals surface area contributed by atoms with Crippen LogP contribution in [0.25, 0.3) is 0 Å². The van der Waals surface area contributed by atoms with Crippen LogP contribution in [0.4, 0.5) is 0 Å². The summed E-state index contributed by atoms with van der Waals surface area (Å²) in [6, 6.07) is 0.554. The molecule has 1 aliphatic heterocycles. The largest absolute Gasteiger partial charge is 0.355 e. The van der Waals surface area contributed by atoms with Gasteiger partial charge in [-0.3, -0.25) is 9.69 Å². The molecule has 1 unspecified atom stereocenters. The van der Waals surface area contributed by atoms with Gasteiger partial charge in [0.25, 0.3) is 0 Å². The predicted molar refractivity (Wildman–Crippen MR) is 78.0 cm³/mol. The molecule has 0 aromatic heterocycles. The van der Waals surface area contributed by atoms with Gasteiger partial charge in [0.2, 0.25) is 5.91 Å². The minimum atomic E-state index is 0.293. The smallest absolute Gasteiger partial charge is 0.223 e. The first-order valence-corrected chi connectivity index (χ1v) is 7.81. The Morgan fingerprint density at radius 3 is 2.68 bits per heavy atom. The Hall–Kier alpha value is -0.610. The summed E-state index contributed by atoms with van der Waals surface area (Å²) < 4.78 is 0. The molecule has 1 aliphatic carbocycles. The van der Waals surface area contributed by atoms with E-state index < -0.39 is 0 Å². The van der Waals surface area contributed by atoms with E-state index in [-0.39, 0.29) is 0 Å². The molecular formula is C15H29N3O. The molecule has 1 spiro atoms. The second-order valence-electron chi connectivity index (χ2n) is 6.38. The molecule has 2 aliphatic rings. The normalized spacial score (nSPS) is 25.0. The Morgan fingerprint density at radius 2 is 2.11 bits per heavy atom. The van der Waals surface area contributed by atoms with Crippen LogP contribution in [0.15, 0.2) is 0 Å². The van der Waals surface area contributed by atoms with Crippen LogP contribution in [-0.4, -0.2) is 49.6 Å². The highest BCUT2D eigenvalue weighted by Gasteiger charge is 2.57. The van der Waals surface area contributed by atoms with Crippen molar-refractivity contribution in [2.75, 3.05) is 32.7 Å². The van der Waals surface area contributed by atoms with E-state index in [1.54, 1.807) is 0 Å². The van der Waals surface area contributed by atoms with Gasteiger partial charge in [-0.1, -0.05) is 6.92 Å². The molecule has 0 bridgehead atoms. The summed E-state index contributed by atoms with van der Waals surface area (Å²) in [6.45, 7) is 11.5. The zero-order chi connectivity index (χ0) is 13.9. The van der Waals surface area contributed by atoms with Crippen molar-refractivity contribution in [1.82, 2.24) is 15.5 Å². The molecule has 1 atom stereocenters. The van der Waals surface area contributed by atoms with Gasteiger partial charge < -0.3 is 10.6 Å². The number of rotatable bonds is 6. The number of piperidine rings is 1. The Kier molecular flexibility index (Phi) is 4.85. The van der Waals surface area contributed by atoms with Crippen molar-refractivity contribution in [3.05, 3.63) is 0 Å². The summed E-state index contributed by atoms with van der Waals surface area (Å²) in [5, 5.41) is 6.51. The van der Waals surface area contributed by atoms with E-state index in [0.29, 0.717) is 23.3 Å². The second kappa shape index (κ2) is 6.23. The van der Waals surface area contributed by atoms with Crippen molar-refractivity contribution in [3.8, 4) is 0 Å². The average Bonchev–Trinajstić information content (AvgIpc) is 3.08. The van der Waals surface area contributed by atoms with Crippen LogP contribution in [0, 0.1) is 11.3 Å². The molecule has 0 aromatic carbocycles. The van der Waals surface area contributed by atoms with Gasteiger partial charge >= 0.3 is 0 Å². The summed E-state index contributed by atoms with van der Waals surface area (Å²) in [4.78, 5) is 14.6. The molecule has 1 amide bonds. The van der Waals surface area contributed by atoms with E-state index in [4.69, 9.17) is 0 Å². The zero-order valence-corrected chi connectivity index (χ0v) is 12.7. The number of likely N-dealkylation sites (N-methyl/N-ethyl adjacent to an activating group) is 1. The molecule has 4 heteroatoms. The van der Waals surface area contributed by atoms with E-state index in [1.807, 2.05) is 0 Å². The van der Waals surface area contributed by atoms with E-state index in [1.165, 1.54) is 12.8 Å². The maximum absolute atomic E-state index is 12.2. The standard InChI is InChI=1S/C15H29N3O/c1-4-18(12(2)3)10-9-17-14(19)13-11-15(13)5-7-16-8-6-15/h12-13,16H,4-11H2,1-3H3,(H,17,19). The van der Waals surface area contributed by atoms with Crippen molar-refractivity contribution >= 4 is 5.91 Å². The van der Waals surface area contributed by atoms with Crippen LogP contribution in [0.2, 0.25) is 0 Å². The van der Waals surface area contributed by atoms with Gasteiger partial charge in [-0.25, -0.2) is 0 Å². The monoisotopic (exact) mass is 267 g/mol. The average molecular weight is 267 g/mol. The maximum atomic E-state index is 12.2. The molecule has 1 saturated carbocycles. The van der Waals surface area contributed by atoms with Gasteiger partial charge in [-0.05, 0) is 58.2 Å². The highest BCUT2D eigenvalue weighted by molar-refractivity contribution is 5.82. The van der Waals surface area contributed by atoms with Crippen LogP contribution in [-0.2, 0) is 4.79 Å². The molecule has 0 radical (unpaired) electrons. The lowest BCUT2D eigenvalue weighted by Crippen LogP contribution is -2.40. The summed E-state index contributed by atoms with van der Waals surface area (Å²) in [6.07, 6.45) is 3.47. The van der Waals surface area contributed by atoms with E-state index >= 15 is 0 Å². The second-order valence-corrected chi connectivity index (χ2v) is 6.38. The van der Waals surface area contributed by atoms with Crippen LogP contribution in [0.1, 0.15) is 40.0 Å². The van der Waals surface area contributed by atoms with Crippen molar-refractivity contribution in [3.63, 3.8) is 0 Å². The van der Waals surface area contributed by atoms with Crippen LogP contribution < -0.4 is 10.6 Å². The van der Waals surface area contributed by atoms with E-state index in [2.05, 4.69) is 36.3 Å². The lowest BCUT2D eigenvalue weighted by molar-refractivity contribution is -0.123. The molecule has 4 nitrogen and oxygen atoms in total. The van der Waals surface area contributed by atoms with Gasteiger partial charge in [0.15, 0.2) is 0 Å². The zero-order valence-electron chi connectivity index (χ0n) is 12.7. The minimum absolute atomic E-state index is 0.293. The van der Waals surface area contributed by atoms with Gasteiger partial charge in [0, 0.05) is 25.0 Å². The van der Waals surface area contributed by atoms with E-state index in [0.717, 1.165) is 39.1 Å². The highest BCUT2D eigenvalue weighted by Crippen LogP contribution is 2.58. The van der Waals surface area contributed by atoms with E-state index in [9.17, 15) is 4.79 Å². The van der Waals surface area contributed by atoms with Crippen molar-refractivity contribution in [2.45, 2.75) is 46.1 Å². The number of nitrogens with zero attached hydrogens (tertiary/aromatic N) is 1. The fourth-order valence-electron chi connectivity index (χ4n) is 3.42. The molecule has 2 N–H and O–H groups in total. The minimum Gasteiger partial charge on any atom is -0.355 e. The van der Waals surface area contributed by atoms with Crippen molar-refractivity contribution in [1.29, 1.82) is 0 Å². The number of amides is 1. The summed E-state index contributed by atoms with van der Waals surface area (Å²) in [5.74, 6) is 0.588. The molecule has 1 heterocycles. The Labute approximate surface area is 117 Å². The van der Waals surface area contributed by atoms with Gasteiger partial charge in [0.05, 0.1) is 0 Å². The number of nitrogens with one attached hydrogen (secondary N) is 2. The number of carbonyl (C=O) groups excluding carboxylic acids is 1. The first kappa shape index (κ1) is 14.8. The highest BCUT2D eigenvalue weighted by atomic mass is 16.2. The number of hydrogen-bond acceptors (Lipinski definition) is 3. The maximum Gasteiger partial charge on any atom is 0.223 e. The summed E-state index contributed by atoms with van der Waals surface area (Å²) >= 11 is 0. The quantitative estimate of drug-likeness (QED) is 0.760. The lowest BCUT2D eigenvalue weighted by Gasteiger charge is -2.25. The van der Waals surface area contributed by atoms with Crippen LogP contribution in [0.5, 0.6) is 0 Å². The van der Waals surface area contributed by atoms with Crippen molar-refractivity contribution in [2.24, 2.45) is 11.3 Å². The van der Waals surface area contributed by atoms with Gasteiger partial charge in [-0.2, -0.15) is 0 Å². The topological polar surface area (TPSA) is 44.4 Å². The molecule has 1 saturated heterocycles. The third kappa shape index (κ3) is 3.48. The fraction of sp³-hybridized carbons (Fsp3) is 0.933. The fourth-order valence-corrected chi connectivity index (χ4v) is 3.42. The third-order valence-corrected chi connectivity index (χ3v) is 4.94. The van der Waals surface area contributed by atoms with Crippen LogP contribution in [0.3, 0.4) is 0 Å². The number of hydrogen-bond donors (Lipinski definition) is 2. The van der Waals surface area contributed by atoms with Gasteiger partial charge in [0.1, 0.15) is 0 Å². The lowest BCUT2D eigenvalue weighted by atomic mass is 9.92. The molecule has 0 aromatic rings. The van der Waals surface area contributed by atoms with Gasteiger partial charge in [-0.15, -0.1) is 0 Å². The van der Waals surface area contributed by atoms with Crippen molar-refractivity contribution < 1.29 is 4.79 Å². The summed E-state index contributed by atoms with van der Waals surface area (Å²) in [5.41, 5.74) is 0.359. The first-order valence-electron chi connectivity index (χ1n) is 7.81. The SMILES string of the molecule is CCN(CCNC(=O)C1CC12CCNCC2)C(C)C. The molecular weight excluding hydrogens is 238 g/mol. The number of carbonyl (C=O) groups is 1. The Morgan fingerprint density at radius 1 is 1.42 bits per heavy atom. The molecule has 110 valence electrons.